The summed E-state index contributed by atoms with van der Waals surface area (Å²) >= 11 is 0. The number of amides is 1. The highest BCUT2D eigenvalue weighted by Crippen LogP contribution is 2.26. The first kappa shape index (κ1) is 20.6. The Morgan fingerprint density at radius 1 is 1.23 bits per heavy atom. The third-order valence-electron chi connectivity index (χ3n) is 5.59. The average molecular weight is 415 g/mol. The number of carbonyl (C=O) groups excluding carboxylic acids is 1. The van der Waals surface area contributed by atoms with Crippen LogP contribution < -0.4 is 5.32 Å². The minimum absolute atomic E-state index is 0.0560. The Morgan fingerprint density at radius 2 is 1.97 bits per heavy atom. The summed E-state index contributed by atoms with van der Waals surface area (Å²) in [5.41, 5.74) is 2.36. The SMILES string of the molecule is Cc1ccc(CNc2ncc(C(=O)N3CCC(C)CC3)c(-c3ccc(C#N)cc3)n2)o1. The molecule has 1 aliphatic rings. The van der Waals surface area contributed by atoms with Gasteiger partial charge < -0.3 is 14.6 Å². The van der Waals surface area contributed by atoms with Crippen LogP contribution in [0.2, 0.25) is 0 Å². The summed E-state index contributed by atoms with van der Waals surface area (Å²) in [5, 5.41) is 12.3. The van der Waals surface area contributed by atoms with Crippen LogP contribution in [0.5, 0.6) is 0 Å². The number of piperidine rings is 1. The highest BCUT2D eigenvalue weighted by Gasteiger charge is 2.25. The summed E-state index contributed by atoms with van der Waals surface area (Å²) in [6.07, 6.45) is 3.60. The lowest BCUT2D eigenvalue weighted by Crippen LogP contribution is -2.38. The number of likely N-dealkylation sites (tertiary alicyclic amines) is 1. The zero-order valence-corrected chi connectivity index (χ0v) is 17.8. The molecule has 0 spiro atoms. The number of benzene rings is 1. The van der Waals surface area contributed by atoms with Gasteiger partial charge in [-0.1, -0.05) is 19.1 Å². The van der Waals surface area contributed by atoms with Gasteiger partial charge in [-0.05, 0) is 49.9 Å². The van der Waals surface area contributed by atoms with Crippen LogP contribution in [0.15, 0.2) is 47.0 Å². The van der Waals surface area contributed by atoms with Crippen LogP contribution in [0.1, 0.15) is 47.2 Å². The molecule has 7 heteroatoms. The second-order valence-corrected chi connectivity index (χ2v) is 7.99. The van der Waals surface area contributed by atoms with E-state index in [9.17, 15) is 4.79 Å². The zero-order chi connectivity index (χ0) is 21.8. The molecule has 0 unspecified atom stereocenters. The van der Waals surface area contributed by atoms with E-state index in [1.54, 1.807) is 18.3 Å². The summed E-state index contributed by atoms with van der Waals surface area (Å²) < 4.78 is 5.59. The van der Waals surface area contributed by atoms with Gasteiger partial charge in [-0.2, -0.15) is 5.26 Å². The van der Waals surface area contributed by atoms with E-state index < -0.39 is 0 Å². The average Bonchev–Trinajstić information content (AvgIpc) is 3.23. The van der Waals surface area contributed by atoms with E-state index in [4.69, 9.17) is 9.68 Å². The monoisotopic (exact) mass is 415 g/mol. The van der Waals surface area contributed by atoms with Gasteiger partial charge in [-0.3, -0.25) is 4.79 Å². The van der Waals surface area contributed by atoms with E-state index >= 15 is 0 Å². The topological polar surface area (TPSA) is 95.1 Å². The molecule has 0 atom stereocenters. The number of hydrogen-bond acceptors (Lipinski definition) is 6. The number of furan rings is 1. The molecule has 3 aromatic rings. The van der Waals surface area contributed by atoms with Gasteiger partial charge in [-0.25, -0.2) is 9.97 Å². The van der Waals surface area contributed by atoms with Crippen molar-refractivity contribution in [3.63, 3.8) is 0 Å². The standard InChI is InChI=1S/C24H25N5O2/c1-16-9-11-29(12-10-16)23(30)21-15-27-24(26-14-20-8-3-17(2)31-20)28-22(21)19-6-4-18(13-25)5-7-19/h3-8,15-16H,9-12,14H2,1-2H3,(H,26,27,28). The number of nitrogens with one attached hydrogen (secondary N) is 1. The van der Waals surface area contributed by atoms with Gasteiger partial charge in [0.15, 0.2) is 0 Å². The van der Waals surface area contributed by atoms with Gasteiger partial charge in [0, 0.05) is 24.8 Å². The van der Waals surface area contributed by atoms with E-state index in [1.807, 2.05) is 36.1 Å². The van der Waals surface area contributed by atoms with E-state index in [0.717, 1.165) is 43.0 Å². The van der Waals surface area contributed by atoms with Crippen molar-refractivity contribution in [2.24, 2.45) is 5.92 Å². The fraction of sp³-hybridized carbons (Fsp3) is 0.333. The molecule has 4 rings (SSSR count). The maximum Gasteiger partial charge on any atom is 0.257 e. The van der Waals surface area contributed by atoms with Crippen LogP contribution in [-0.2, 0) is 6.54 Å². The van der Waals surface area contributed by atoms with Gasteiger partial charge in [0.1, 0.15) is 11.5 Å². The number of nitrogens with zero attached hydrogens (tertiary/aromatic N) is 4. The Morgan fingerprint density at radius 3 is 2.61 bits per heavy atom. The van der Waals surface area contributed by atoms with E-state index in [2.05, 4.69) is 28.3 Å². The maximum absolute atomic E-state index is 13.3. The molecule has 0 bridgehead atoms. The van der Waals surface area contributed by atoms with Crippen LogP contribution in [-0.4, -0.2) is 33.9 Å². The molecular weight excluding hydrogens is 390 g/mol. The third-order valence-corrected chi connectivity index (χ3v) is 5.59. The van der Waals surface area contributed by atoms with Crippen molar-refractivity contribution in [1.29, 1.82) is 5.26 Å². The third kappa shape index (κ3) is 4.75. The van der Waals surface area contributed by atoms with Gasteiger partial charge in [-0.15, -0.1) is 0 Å². The van der Waals surface area contributed by atoms with Crippen LogP contribution in [0.25, 0.3) is 11.3 Å². The number of nitriles is 1. The number of anilines is 1. The molecule has 1 N–H and O–H groups in total. The molecule has 7 nitrogen and oxygen atoms in total. The molecule has 31 heavy (non-hydrogen) atoms. The quantitative estimate of drug-likeness (QED) is 0.664. The number of carbonyl (C=O) groups is 1. The van der Waals surface area contributed by atoms with Crippen molar-refractivity contribution in [3.8, 4) is 17.3 Å². The summed E-state index contributed by atoms with van der Waals surface area (Å²) in [6.45, 7) is 6.03. The molecule has 158 valence electrons. The molecule has 3 heterocycles. The second kappa shape index (κ2) is 9.00. The molecule has 0 saturated carbocycles. The zero-order valence-electron chi connectivity index (χ0n) is 17.8. The lowest BCUT2D eigenvalue weighted by molar-refractivity contribution is 0.0697. The normalized spacial score (nSPS) is 14.3. The molecule has 2 aromatic heterocycles. The fourth-order valence-electron chi connectivity index (χ4n) is 3.67. The minimum atomic E-state index is -0.0560. The lowest BCUT2D eigenvalue weighted by atomic mass is 9.98. The van der Waals surface area contributed by atoms with E-state index in [0.29, 0.717) is 35.2 Å². The summed E-state index contributed by atoms with van der Waals surface area (Å²) in [6, 6.07) is 13.0. The largest absolute Gasteiger partial charge is 0.465 e. The van der Waals surface area contributed by atoms with Crippen molar-refractivity contribution in [2.45, 2.75) is 33.2 Å². The maximum atomic E-state index is 13.3. The van der Waals surface area contributed by atoms with Crippen molar-refractivity contribution >= 4 is 11.9 Å². The second-order valence-electron chi connectivity index (χ2n) is 7.99. The summed E-state index contributed by atoms with van der Waals surface area (Å²) in [5.74, 6) is 2.61. The Labute approximate surface area is 181 Å². The first-order valence-corrected chi connectivity index (χ1v) is 10.5. The summed E-state index contributed by atoms with van der Waals surface area (Å²) in [7, 11) is 0. The van der Waals surface area contributed by atoms with Crippen LogP contribution in [0, 0.1) is 24.2 Å². The first-order valence-electron chi connectivity index (χ1n) is 10.5. The highest BCUT2D eigenvalue weighted by atomic mass is 16.3. The molecular formula is C24H25N5O2. The Hall–Kier alpha value is -3.66. The van der Waals surface area contributed by atoms with Crippen molar-refractivity contribution in [2.75, 3.05) is 18.4 Å². The van der Waals surface area contributed by atoms with Gasteiger partial charge in [0.05, 0.1) is 29.4 Å². The van der Waals surface area contributed by atoms with Crippen LogP contribution in [0.4, 0.5) is 5.95 Å². The van der Waals surface area contributed by atoms with E-state index in [1.165, 1.54) is 0 Å². The van der Waals surface area contributed by atoms with Crippen LogP contribution in [0.3, 0.4) is 0 Å². The number of hydrogen-bond donors (Lipinski definition) is 1. The molecule has 1 aliphatic heterocycles. The van der Waals surface area contributed by atoms with Gasteiger partial charge in [0.2, 0.25) is 5.95 Å². The van der Waals surface area contributed by atoms with Gasteiger partial charge in [0.25, 0.3) is 5.91 Å². The minimum Gasteiger partial charge on any atom is -0.465 e. The molecule has 1 fully saturated rings. The smallest absolute Gasteiger partial charge is 0.257 e. The van der Waals surface area contributed by atoms with Crippen molar-refractivity contribution in [1.82, 2.24) is 14.9 Å². The number of aromatic nitrogens is 2. The Bertz CT molecular complexity index is 1110. The molecule has 1 aromatic carbocycles. The lowest BCUT2D eigenvalue weighted by Gasteiger charge is -2.30. The summed E-state index contributed by atoms with van der Waals surface area (Å²) in [4.78, 5) is 24.2. The van der Waals surface area contributed by atoms with E-state index in [-0.39, 0.29) is 5.91 Å². The van der Waals surface area contributed by atoms with Crippen molar-refractivity contribution in [3.05, 3.63) is 65.2 Å². The number of rotatable bonds is 5. The first-order chi connectivity index (χ1) is 15.0. The predicted octanol–water partition coefficient (Wildman–Crippen LogP) is 4.40. The fourth-order valence-corrected chi connectivity index (χ4v) is 3.67. The Balaban J connectivity index is 1.64. The molecule has 1 saturated heterocycles. The predicted molar refractivity (Wildman–Crippen MR) is 117 cm³/mol. The van der Waals surface area contributed by atoms with Crippen molar-refractivity contribution < 1.29 is 9.21 Å². The molecule has 1 amide bonds. The molecule has 0 radical (unpaired) electrons. The van der Waals surface area contributed by atoms with Gasteiger partial charge >= 0.3 is 0 Å². The number of aryl methyl sites for hydroxylation is 1. The highest BCUT2D eigenvalue weighted by molar-refractivity contribution is 5.99. The Kier molecular flexibility index (Phi) is 5.99. The molecule has 0 aliphatic carbocycles. The van der Waals surface area contributed by atoms with Crippen LogP contribution >= 0.6 is 0 Å².